The summed E-state index contributed by atoms with van der Waals surface area (Å²) in [6.07, 6.45) is 3.55. The summed E-state index contributed by atoms with van der Waals surface area (Å²) in [5.74, 6) is 0.830. The molecule has 1 rings (SSSR count). The highest BCUT2D eigenvalue weighted by Gasteiger charge is 2.12. The molecule has 1 aliphatic rings. The second-order valence-electron chi connectivity index (χ2n) is 3.61. The number of hydrogen-bond donors (Lipinski definition) is 1. The van der Waals surface area contributed by atoms with Crippen LogP contribution < -0.4 is 5.32 Å². The highest BCUT2D eigenvalue weighted by molar-refractivity contribution is 4.65. The van der Waals surface area contributed by atoms with E-state index in [2.05, 4.69) is 5.32 Å². The van der Waals surface area contributed by atoms with Gasteiger partial charge in [0.25, 0.3) is 0 Å². The van der Waals surface area contributed by atoms with E-state index in [0.717, 1.165) is 45.2 Å². The Morgan fingerprint density at radius 1 is 1.38 bits per heavy atom. The monoisotopic (exact) mass is 187 g/mol. The van der Waals surface area contributed by atoms with Gasteiger partial charge >= 0.3 is 0 Å². The maximum absolute atomic E-state index is 5.30. The largest absolute Gasteiger partial charge is 0.385 e. The van der Waals surface area contributed by atoms with Crippen LogP contribution in [0, 0.1) is 5.92 Å². The summed E-state index contributed by atoms with van der Waals surface area (Å²) in [5, 5.41) is 3.45. The van der Waals surface area contributed by atoms with Gasteiger partial charge < -0.3 is 14.8 Å². The zero-order valence-electron chi connectivity index (χ0n) is 8.55. The van der Waals surface area contributed by atoms with Gasteiger partial charge in [-0.15, -0.1) is 0 Å². The predicted molar refractivity (Wildman–Crippen MR) is 52.9 cm³/mol. The third kappa shape index (κ3) is 5.24. The molecule has 0 bridgehead atoms. The summed E-state index contributed by atoms with van der Waals surface area (Å²) in [5.41, 5.74) is 0. The summed E-state index contributed by atoms with van der Waals surface area (Å²) in [6, 6.07) is 0. The van der Waals surface area contributed by atoms with E-state index in [1.54, 1.807) is 7.11 Å². The fourth-order valence-electron chi connectivity index (χ4n) is 1.60. The average molecular weight is 187 g/mol. The molecule has 1 saturated heterocycles. The van der Waals surface area contributed by atoms with E-state index in [0.29, 0.717) is 0 Å². The van der Waals surface area contributed by atoms with Crippen molar-refractivity contribution in [2.75, 3.05) is 40.0 Å². The van der Waals surface area contributed by atoms with E-state index in [4.69, 9.17) is 9.47 Å². The van der Waals surface area contributed by atoms with E-state index >= 15 is 0 Å². The maximum Gasteiger partial charge on any atom is 0.0474 e. The minimum atomic E-state index is 0.830. The van der Waals surface area contributed by atoms with Gasteiger partial charge in [0, 0.05) is 26.9 Å². The van der Waals surface area contributed by atoms with Gasteiger partial charge in [-0.2, -0.15) is 0 Å². The highest BCUT2D eigenvalue weighted by atomic mass is 16.5. The molecule has 0 aromatic heterocycles. The molecule has 0 aromatic carbocycles. The zero-order valence-corrected chi connectivity index (χ0v) is 8.55. The van der Waals surface area contributed by atoms with E-state index < -0.39 is 0 Å². The molecule has 0 unspecified atom stereocenters. The Morgan fingerprint density at radius 2 is 2.15 bits per heavy atom. The first-order chi connectivity index (χ1) is 6.43. The van der Waals surface area contributed by atoms with E-state index in [-0.39, 0.29) is 0 Å². The van der Waals surface area contributed by atoms with Gasteiger partial charge in [0.1, 0.15) is 0 Å². The number of nitrogens with one attached hydrogen (secondary N) is 1. The van der Waals surface area contributed by atoms with Crippen molar-refractivity contribution in [3.8, 4) is 0 Å². The average Bonchev–Trinajstić information content (AvgIpc) is 2.19. The van der Waals surface area contributed by atoms with Crippen LogP contribution in [0.4, 0.5) is 0 Å². The van der Waals surface area contributed by atoms with Crippen LogP contribution >= 0.6 is 0 Å². The smallest absolute Gasteiger partial charge is 0.0474 e. The summed E-state index contributed by atoms with van der Waals surface area (Å²) >= 11 is 0. The molecule has 1 N–H and O–H groups in total. The van der Waals surface area contributed by atoms with Crippen LogP contribution in [-0.2, 0) is 9.47 Å². The molecule has 1 aliphatic heterocycles. The first kappa shape index (κ1) is 11.0. The molecule has 13 heavy (non-hydrogen) atoms. The van der Waals surface area contributed by atoms with Crippen molar-refractivity contribution in [3.63, 3.8) is 0 Å². The Balaban J connectivity index is 1.86. The maximum atomic E-state index is 5.30. The summed E-state index contributed by atoms with van der Waals surface area (Å²) < 4.78 is 10.3. The molecule has 78 valence electrons. The van der Waals surface area contributed by atoms with Crippen LogP contribution in [0.25, 0.3) is 0 Å². The van der Waals surface area contributed by atoms with E-state index in [1.807, 2.05) is 0 Å². The third-order valence-electron chi connectivity index (χ3n) is 2.48. The second kappa shape index (κ2) is 7.30. The molecule has 0 aliphatic carbocycles. The predicted octanol–water partition coefficient (Wildman–Crippen LogP) is 1.04. The Labute approximate surface area is 80.8 Å². The molecule has 0 saturated carbocycles. The quantitative estimate of drug-likeness (QED) is 0.630. The van der Waals surface area contributed by atoms with Crippen LogP contribution in [0.15, 0.2) is 0 Å². The summed E-state index contributed by atoms with van der Waals surface area (Å²) in [6.45, 7) is 4.98. The number of hydrogen-bond acceptors (Lipinski definition) is 3. The second-order valence-corrected chi connectivity index (χ2v) is 3.61. The first-order valence-electron chi connectivity index (χ1n) is 5.21. The minimum absolute atomic E-state index is 0.830. The van der Waals surface area contributed by atoms with Crippen molar-refractivity contribution in [1.82, 2.24) is 5.32 Å². The summed E-state index contributed by atoms with van der Waals surface area (Å²) in [7, 11) is 1.75. The molecule has 0 spiro atoms. The number of rotatable bonds is 6. The van der Waals surface area contributed by atoms with Crippen molar-refractivity contribution >= 4 is 0 Å². The fourth-order valence-corrected chi connectivity index (χ4v) is 1.60. The minimum Gasteiger partial charge on any atom is -0.385 e. The van der Waals surface area contributed by atoms with Crippen molar-refractivity contribution < 1.29 is 9.47 Å². The third-order valence-corrected chi connectivity index (χ3v) is 2.48. The molecule has 3 nitrogen and oxygen atoms in total. The van der Waals surface area contributed by atoms with Crippen molar-refractivity contribution in [1.29, 1.82) is 0 Å². The van der Waals surface area contributed by atoms with Crippen molar-refractivity contribution in [2.24, 2.45) is 5.92 Å². The molecule has 0 aromatic rings. The first-order valence-corrected chi connectivity index (χ1v) is 5.21. The van der Waals surface area contributed by atoms with Crippen molar-refractivity contribution in [3.05, 3.63) is 0 Å². The van der Waals surface area contributed by atoms with Gasteiger partial charge in [-0.25, -0.2) is 0 Å². The Bertz CT molecular complexity index is 113. The lowest BCUT2D eigenvalue weighted by Crippen LogP contribution is -2.28. The molecule has 0 amide bonds. The topological polar surface area (TPSA) is 30.5 Å². The fraction of sp³-hybridized carbons (Fsp3) is 1.00. The molecular weight excluding hydrogens is 166 g/mol. The number of methoxy groups -OCH3 is 1. The van der Waals surface area contributed by atoms with E-state index in [9.17, 15) is 0 Å². The van der Waals surface area contributed by atoms with Gasteiger partial charge in [-0.3, -0.25) is 0 Å². The van der Waals surface area contributed by atoms with Gasteiger partial charge in [0.05, 0.1) is 0 Å². The molecule has 0 atom stereocenters. The van der Waals surface area contributed by atoms with Crippen LogP contribution in [-0.4, -0.2) is 40.0 Å². The lowest BCUT2D eigenvalue weighted by molar-refractivity contribution is 0.0661. The van der Waals surface area contributed by atoms with Gasteiger partial charge in [0.2, 0.25) is 0 Å². The van der Waals surface area contributed by atoms with Crippen LogP contribution in [0.3, 0.4) is 0 Å². The Morgan fingerprint density at radius 3 is 2.85 bits per heavy atom. The molecule has 1 heterocycles. The molecular formula is C10H21NO2. The van der Waals surface area contributed by atoms with E-state index in [1.165, 1.54) is 12.8 Å². The Kier molecular flexibility index (Phi) is 6.15. The standard InChI is InChI=1S/C10H21NO2/c1-12-6-2-5-11-9-10-3-7-13-8-4-10/h10-11H,2-9H2,1H3. The van der Waals surface area contributed by atoms with Crippen LogP contribution in [0.1, 0.15) is 19.3 Å². The van der Waals surface area contributed by atoms with Crippen LogP contribution in [0.2, 0.25) is 0 Å². The normalized spacial score (nSPS) is 19.2. The lowest BCUT2D eigenvalue weighted by Gasteiger charge is -2.22. The lowest BCUT2D eigenvalue weighted by atomic mass is 10.0. The molecule has 1 fully saturated rings. The van der Waals surface area contributed by atoms with Gasteiger partial charge in [-0.05, 0) is 38.3 Å². The zero-order chi connectivity index (χ0) is 9.36. The van der Waals surface area contributed by atoms with Crippen LogP contribution in [0.5, 0.6) is 0 Å². The highest BCUT2D eigenvalue weighted by Crippen LogP contribution is 2.12. The number of ether oxygens (including phenoxy) is 2. The summed E-state index contributed by atoms with van der Waals surface area (Å²) in [4.78, 5) is 0. The molecule has 0 radical (unpaired) electrons. The van der Waals surface area contributed by atoms with Crippen molar-refractivity contribution in [2.45, 2.75) is 19.3 Å². The van der Waals surface area contributed by atoms with Gasteiger partial charge in [-0.1, -0.05) is 0 Å². The SMILES string of the molecule is COCCCNCC1CCOCC1. The Hall–Kier alpha value is -0.120. The van der Waals surface area contributed by atoms with Gasteiger partial charge in [0.15, 0.2) is 0 Å². The molecule has 3 heteroatoms.